The number of non-ortho nitro benzene ring substituents is 1. The molecule has 0 heterocycles. The summed E-state index contributed by atoms with van der Waals surface area (Å²) in [5.41, 5.74) is 3.46. The number of rotatable bonds is 8. The van der Waals surface area contributed by atoms with Crippen molar-refractivity contribution in [3.05, 3.63) is 93.5 Å². The van der Waals surface area contributed by atoms with Crippen LogP contribution >= 0.6 is 0 Å². The lowest BCUT2D eigenvalue weighted by atomic mass is 9.94. The maximum Gasteiger partial charge on any atom is 0.271 e. The van der Waals surface area contributed by atoms with Crippen LogP contribution in [0.5, 0.6) is 5.75 Å². The highest BCUT2D eigenvalue weighted by molar-refractivity contribution is 6.01. The van der Waals surface area contributed by atoms with Crippen molar-refractivity contribution in [3.63, 3.8) is 0 Å². The standard InChI is InChI=1S/C25H25N3O5/c1-16-9-10-19(13-17(16)2)26-25(30)21(18-7-5-4-6-8-18)15-24(29)27-22-14-20(28(31)32)11-12-23(22)33-3/h4-14,21H,15H2,1-3H3,(H,26,30)(H,27,29)/t21-/m1/s1. The van der Waals surface area contributed by atoms with Gasteiger partial charge in [-0.1, -0.05) is 36.4 Å². The van der Waals surface area contributed by atoms with E-state index in [0.29, 0.717) is 11.3 Å². The lowest BCUT2D eigenvalue weighted by Gasteiger charge is -2.18. The summed E-state index contributed by atoms with van der Waals surface area (Å²) in [4.78, 5) is 36.6. The van der Waals surface area contributed by atoms with Gasteiger partial charge in [0.2, 0.25) is 11.8 Å². The van der Waals surface area contributed by atoms with Crippen LogP contribution in [-0.4, -0.2) is 23.8 Å². The first-order chi connectivity index (χ1) is 15.8. The highest BCUT2D eigenvalue weighted by atomic mass is 16.6. The molecule has 0 aromatic heterocycles. The molecule has 0 aliphatic carbocycles. The van der Waals surface area contributed by atoms with E-state index in [0.717, 1.165) is 11.1 Å². The second-order valence-electron chi connectivity index (χ2n) is 7.65. The van der Waals surface area contributed by atoms with Crippen molar-refractivity contribution >= 4 is 28.9 Å². The topological polar surface area (TPSA) is 111 Å². The van der Waals surface area contributed by atoms with Crippen LogP contribution < -0.4 is 15.4 Å². The normalized spacial score (nSPS) is 11.4. The second-order valence-corrected chi connectivity index (χ2v) is 7.65. The molecule has 3 aromatic carbocycles. The Morgan fingerprint density at radius 3 is 2.33 bits per heavy atom. The van der Waals surface area contributed by atoms with E-state index in [9.17, 15) is 19.7 Å². The molecule has 8 heteroatoms. The van der Waals surface area contributed by atoms with Crippen molar-refractivity contribution in [1.29, 1.82) is 0 Å². The zero-order valence-corrected chi connectivity index (χ0v) is 18.6. The van der Waals surface area contributed by atoms with Crippen molar-refractivity contribution < 1.29 is 19.2 Å². The first-order valence-corrected chi connectivity index (χ1v) is 10.3. The minimum absolute atomic E-state index is 0.160. The van der Waals surface area contributed by atoms with Crippen LogP contribution in [0.2, 0.25) is 0 Å². The van der Waals surface area contributed by atoms with Crippen LogP contribution in [0.15, 0.2) is 66.7 Å². The molecule has 0 aliphatic heterocycles. The molecule has 0 spiro atoms. The molecule has 2 N–H and O–H groups in total. The number of nitrogens with one attached hydrogen (secondary N) is 2. The molecule has 0 aliphatic rings. The van der Waals surface area contributed by atoms with Crippen molar-refractivity contribution in [2.45, 2.75) is 26.2 Å². The number of aryl methyl sites for hydroxylation is 2. The average molecular weight is 447 g/mol. The molecular formula is C25H25N3O5. The van der Waals surface area contributed by atoms with Gasteiger partial charge in [0.15, 0.2) is 0 Å². The Balaban J connectivity index is 1.83. The monoisotopic (exact) mass is 447 g/mol. The van der Waals surface area contributed by atoms with Gasteiger partial charge in [0.1, 0.15) is 5.75 Å². The molecule has 0 saturated heterocycles. The molecule has 0 bridgehead atoms. The zero-order chi connectivity index (χ0) is 24.0. The number of methoxy groups -OCH3 is 1. The van der Waals surface area contributed by atoms with Gasteiger partial charge in [-0.25, -0.2) is 0 Å². The van der Waals surface area contributed by atoms with Crippen molar-refractivity contribution in [3.8, 4) is 5.75 Å². The maximum atomic E-state index is 13.2. The van der Waals surface area contributed by atoms with E-state index in [1.165, 1.54) is 25.3 Å². The van der Waals surface area contributed by atoms with E-state index in [1.807, 2.05) is 38.1 Å². The summed E-state index contributed by atoms with van der Waals surface area (Å²) < 4.78 is 5.20. The molecule has 170 valence electrons. The average Bonchev–Trinajstić information content (AvgIpc) is 2.80. The third-order valence-electron chi connectivity index (χ3n) is 5.35. The SMILES string of the molecule is COc1ccc([N+](=O)[O-])cc1NC(=O)C[C@@H](C(=O)Nc1ccc(C)c(C)c1)c1ccccc1. The number of nitro groups is 1. The Bertz CT molecular complexity index is 1180. The smallest absolute Gasteiger partial charge is 0.271 e. The highest BCUT2D eigenvalue weighted by Gasteiger charge is 2.25. The lowest BCUT2D eigenvalue weighted by Crippen LogP contribution is -2.26. The summed E-state index contributed by atoms with van der Waals surface area (Å²) in [5, 5.41) is 16.6. The minimum Gasteiger partial charge on any atom is -0.495 e. The van der Waals surface area contributed by atoms with Crippen LogP contribution in [0, 0.1) is 24.0 Å². The third-order valence-corrected chi connectivity index (χ3v) is 5.35. The second kappa shape index (κ2) is 10.4. The van der Waals surface area contributed by atoms with Crippen LogP contribution in [0.1, 0.15) is 29.0 Å². The van der Waals surface area contributed by atoms with Gasteiger partial charge in [-0.05, 0) is 48.7 Å². The van der Waals surface area contributed by atoms with Crippen LogP contribution in [0.3, 0.4) is 0 Å². The number of carbonyl (C=O) groups is 2. The Kier molecular flexibility index (Phi) is 7.40. The van der Waals surface area contributed by atoms with E-state index in [1.54, 1.807) is 24.3 Å². The molecule has 2 amide bonds. The van der Waals surface area contributed by atoms with Gasteiger partial charge in [0, 0.05) is 24.2 Å². The summed E-state index contributed by atoms with van der Waals surface area (Å²) in [6.07, 6.45) is -0.160. The van der Waals surface area contributed by atoms with Crippen molar-refractivity contribution in [1.82, 2.24) is 0 Å². The lowest BCUT2D eigenvalue weighted by molar-refractivity contribution is -0.384. The first-order valence-electron chi connectivity index (χ1n) is 10.3. The van der Waals surface area contributed by atoms with E-state index in [4.69, 9.17) is 4.74 Å². The van der Waals surface area contributed by atoms with Crippen LogP contribution in [0.4, 0.5) is 17.1 Å². The number of amides is 2. The Morgan fingerprint density at radius 2 is 1.70 bits per heavy atom. The molecular weight excluding hydrogens is 422 g/mol. The van der Waals surface area contributed by atoms with Gasteiger partial charge in [-0.3, -0.25) is 19.7 Å². The summed E-state index contributed by atoms with van der Waals surface area (Å²) >= 11 is 0. The molecule has 1 atom stereocenters. The fourth-order valence-electron chi connectivity index (χ4n) is 3.39. The van der Waals surface area contributed by atoms with E-state index in [2.05, 4.69) is 10.6 Å². The zero-order valence-electron chi connectivity index (χ0n) is 18.6. The van der Waals surface area contributed by atoms with Crippen molar-refractivity contribution in [2.75, 3.05) is 17.7 Å². The summed E-state index contributed by atoms with van der Waals surface area (Å²) in [7, 11) is 1.40. The fourth-order valence-corrected chi connectivity index (χ4v) is 3.39. The molecule has 0 radical (unpaired) electrons. The van der Waals surface area contributed by atoms with E-state index >= 15 is 0 Å². The predicted octanol–water partition coefficient (Wildman–Crippen LogP) is 4.97. The van der Waals surface area contributed by atoms with Gasteiger partial charge in [-0.15, -0.1) is 0 Å². The van der Waals surface area contributed by atoms with Gasteiger partial charge in [0.05, 0.1) is 23.6 Å². The Labute approximate surface area is 191 Å². The molecule has 0 fully saturated rings. The predicted molar refractivity (Wildman–Crippen MR) is 127 cm³/mol. The number of nitro benzene ring substituents is 1. The Hall–Kier alpha value is -4.20. The summed E-state index contributed by atoms with van der Waals surface area (Å²) in [6.45, 7) is 3.94. The summed E-state index contributed by atoms with van der Waals surface area (Å²) in [5.74, 6) is -1.29. The highest BCUT2D eigenvalue weighted by Crippen LogP contribution is 2.30. The maximum absolute atomic E-state index is 13.2. The molecule has 3 aromatic rings. The molecule has 8 nitrogen and oxygen atoms in total. The third kappa shape index (κ3) is 5.94. The fraction of sp³-hybridized carbons (Fsp3) is 0.200. The molecule has 0 saturated carbocycles. The molecule has 3 rings (SSSR count). The number of carbonyl (C=O) groups excluding carboxylic acids is 2. The molecule has 33 heavy (non-hydrogen) atoms. The van der Waals surface area contributed by atoms with E-state index in [-0.39, 0.29) is 29.5 Å². The van der Waals surface area contributed by atoms with Gasteiger partial charge < -0.3 is 15.4 Å². The van der Waals surface area contributed by atoms with Gasteiger partial charge >= 0.3 is 0 Å². The van der Waals surface area contributed by atoms with Gasteiger partial charge in [-0.2, -0.15) is 0 Å². The number of ether oxygens (including phenoxy) is 1. The van der Waals surface area contributed by atoms with Crippen molar-refractivity contribution in [2.24, 2.45) is 0 Å². The number of anilines is 2. The quantitative estimate of drug-likeness (QED) is 0.374. The number of benzene rings is 3. The number of hydrogen-bond donors (Lipinski definition) is 2. The Morgan fingerprint density at radius 1 is 0.970 bits per heavy atom. The first kappa shape index (κ1) is 23.5. The van der Waals surface area contributed by atoms with E-state index < -0.39 is 16.7 Å². The van der Waals surface area contributed by atoms with Crippen LogP contribution in [0.25, 0.3) is 0 Å². The molecule has 0 unspecified atom stereocenters. The minimum atomic E-state index is -0.766. The van der Waals surface area contributed by atoms with Gasteiger partial charge in [0.25, 0.3) is 5.69 Å². The number of nitrogens with zero attached hydrogens (tertiary/aromatic N) is 1. The van der Waals surface area contributed by atoms with Crippen LogP contribution in [-0.2, 0) is 9.59 Å². The summed E-state index contributed by atoms with van der Waals surface area (Å²) in [6, 6.07) is 18.5. The number of hydrogen-bond acceptors (Lipinski definition) is 5. The largest absolute Gasteiger partial charge is 0.495 e.